The second kappa shape index (κ2) is 6.81. The van der Waals surface area contributed by atoms with Gasteiger partial charge in [0.25, 0.3) is 0 Å². The van der Waals surface area contributed by atoms with Gasteiger partial charge in [0.15, 0.2) is 0 Å². The standard InChI is InChI=1S/C17H19ClN2O2/c1-17(20,16(19)21)10-12-5-7-15(8-6-12)22-11-13-3-2-4-14(18)9-13/h2-9H,10-11,20H2,1H3,(H2,19,21)/t17-/m0/s1. The smallest absolute Gasteiger partial charge is 0.237 e. The van der Waals surface area contributed by atoms with Gasteiger partial charge >= 0.3 is 0 Å². The number of rotatable bonds is 6. The average molecular weight is 319 g/mol. The summed E-state index contributed by atoms with van der Waals surface area (Å²) in [5.74, 6) is 0.218. The molecule has 1 atom stereocenters. The predicted molar refractivity (Wildman–Crippen MR) is 87.7 cm³/mol. The number of carbonyl (C=O) groups is 1. The highest BCUT2D eigenvalue weighted by atomic mass is 35.5. The van der Waals surface area contributed by atoms with E-state index in [9.17, 15) is 4.79 Å². The van der Waals surface area contributed by atoms with E-state index in [2.05, 4.69) is 0 Å². The summed E-state index contributed by atoms with van der Waals surface area (Å²) in [6, 6.07) is 15.0. The van der Waals surface area contributed by atoms with E-state index in [4.69, 9.17) is 27.8 Å². The van der Waals surface area contributed by atoms with Crippen molar-refractivity contribution in [3.8, 4) is 5.75 Å². The molecule has 0 aliphatic carbocycles. The van der Waals surface area contributed by atoms with E-state index < -0.39 is 11.4 Å². The van der Waals surface area contributed by atoms with Crippen LogP contribution in [0, 0.1) is 0 Å². The number of nitrogens with two attached hydrogens (primary N) is 2. The largest absolute Gasteiger partial charge is 0.489 e. The molecule has 4 nitrogen and oxygen atoms in total. The lowest BCUT2D eigenvalue weighted by Crippen LogP contribution is -2.51. The zero-order chi connectivity index (χ0) is 16.2. The number of benzene rings is 2. The Labute approximate surface area is 135 Å². The predicted octanol–water partition coefficient (Wildman–Crippen LogP) is 2.66. The molecule has 1 amide bonds. The molecule has 0 heterocycles. The van der Waals surface area contributed by atoms with Crippen molar-refractivity contribution < 1.29 is 9.53 Å². The lowest BCUT2D eigenvalue weighted by molar-refractivity contribution is -0.122. The molecular weight excluding hydrogens is 300 g/mol. The first-order valence-corrected chi connectivity index (χ1v) is 7.29. The zero-order valence-corrected chi connectivity index (χ0v) is 13.1. The Morgan fingerprint density at radius 3 is 2.45 bits per heavy atom. The number of ether oxygens (including phenoxy) is 1. The van der Waals surface area contributed by atoms with Crippen LogP contribution in [0.1, 0.15) is 18.1 Å². The molecule has 5 heteroatoms. The summed E-state index contributed by atoms with van der Waals surface area (Å²) in [7, 11) is 0. The number of carbonyl (C=O) groups excluding carboxylic acids is 1. The molecule has 0 saturated heterocycles. The molecule has 2 aromatic rings. The van der Waals surface area contributed by atoms with Crippen molar-refractivity contribution in [3.05, 3.63) is 64.7 Å². The summed E-state index contributed by atoms with van der Waals surface area (Å²) in [5, 5.41) is 0.685. The molecule has 0 aromatic heterocycles. The lowest BCUT2D eigenvalue weighted by atomic mass is 9.93. The summed E-state index contributed by atoms with van der Waals surface area (Å²) < 4.78 is 5.70. The van der Waals surface area contributed by atoms with E-state index in [1.54, 1.807) is 6.92 Å². The SMILES string of the molecule is C[C@](N)(Cc1ccc(OCc2cccc(Cl)c2)cc1)C(N)=O. The second-order valence-electron chi connectivity index (χ2n) is 5.52. The Hall–Kier alpha value is -2.04. The topological polar surface area (TPSA) is 78.3 Å². The van der Waals surface area contributed by atoms with Crippen molar-refractivity contribution in [3.63, 3.8) is 0 Å². The molecule has 0 radical (unpaired) electrons. The van der Waals surface area contributed by atoms with Crippen molar-refractivity contribution >= 4 is 17.5 Å². The first-order valence-electron chi connectivity index (χ1n) is 6.92. The Morgan fingerprint density at radius 2 is 1.86 bits per heavy atom. The molecule has 2 aromatic carbocycles. The maximum atomic E-state index is 11.2. The van der Waals surface area contributed by atoms with E-state index in [0.717, 1.165) is 16.9 Å². The van der Waals surface area contributed by atoms with Gasteiger partial charge in [0.05, 0.1) is 5.54 Å². The van der Waals surface area contributed by atoms with Crippen molar-refractivity contribution in [2.75, 3.05) is 0 Å². The molecule has 0 fully saturated rings. The third-order valence-corrected chi connectivity index (χ3v) is 3.59. The van der Waals surface area contributed by atoms with Crippen molar-refractivity contribution in [2.24, 2.45) is 11.5 Å². The number of hydrogen-bond donors (Lipinski definition) is 2. The summed E-state index contributed by atoms with van der Waals surface area (Å²) in [4.78, 5) is 11.2. The summed E-state index contributed by atoms with van der Waals surface area (Å²) in [6.45, 7) is 2.06. The third kappa shape index (κ3) is 4.48. The van der Waals surface area contributed by atoms with Crippen molar-refractivity contribution in [2.45, 2.75) is 25.5 Å². The van der Waals surface area contributed by atoms with Crippen LogP contribution < -0.4 is 16.2 Å². The van der Waals surface area contributed by atoms with Crippen molar-refractivity contribution in [1.82, 2.24) is 0 Å². The quantitative estimate of drug-likeness (QED) is 0.859. The molecule has 0 unspecified atom stereocenters. The highest BCUT2D eigenvalue weighted by Crippen LogP contribution is 2.18. The van der Waals surface area contributed by atoms with Gasteiger partial charge in [-0.1, -0.05) is 35.9 Å². The minimum Gasteiger partial charge on any atom is -0.489 e. The van der Waals surface area contributed by atoms with Crippen LogP contribution in [-0.4, -0.2) is 11.4 Å². The summed E-state index contributed by atoms with van der Waals surface area (Å²) in [5.41, 5.74) is 12.0. The molecule has 116 valence electrons. The lowest BCUT2D eigenvalue weighted by Gasteiger charge is -2.20. The summed E-state index contributed by atoms with van der Waals surface area (Å²) >= 11 is 5.93. The number of hydrogen-bond acceptors (Lipinski definition) is 3. The van der Waals surface area contributed by atoms with Gasteiger partial charge in [-0.05, 0) is 48.7 Å². The molecular formula is C17H19ClN2O2. The molecule has 0 saturated carbocycles. The normalized spacial score (nSPS) is 13.4. The molecule has 4 N–H and O–H groups in total. The fourth-order valence-corrected chi connectivity index (χ4v) is 2.22. The Bertz CT molecular complexity index is 654. The van der Waals surface area contributed by atoms with Crippen LogP contribution in [0.2, 0.25) is 5.02 Å². The number of amides is 1. The van der Waals surface area contributed by atoms with Gasteiger partial charge in [0.1, 0.15) is 12.4 Å². The van der Waals surface area contributed by atoms with Crippen LogP contribution in [0.3, 0.4) is 0 Å². The minimum atomic E-state index is -1.05. The van der Waals surface area contributed by atoms with Gasteiger partial charge in [-0.3, -0.25) is 4.79 Å². The van der Waals surface area contributed by atoms with E-state index in [-0.39, 0.29) is 0 Å². The van der Waals surface area contributed by atoms with Crippen LogP contribution in [0.5, 0.6) is 5.75 Å². The average Bonchev–Trinajstić information content (AvgIpc) is 2.46. The molecule has 0 aliphatic heterocycles. The maximum Gasteiger partial charge on any atom is 0.237 e. The molecule has 0 aliphatic rings. The highest BCUT2D eigenvalue weighted by molar-refractivity contribution is 6.30. The second-order valence-corrected chi connectivity index (χ2v) is 5.96. The van der Waals surface area contributed by atoms with E-state index in [0.29, 0.717) is 18.1 Å². The van der Waals surface area contributed by atoms with Crippen LogP contribution in [0.25, 0.3) is 0 Å². The first-order chi connectivity index (χ1) is 10.4. The Morgan fingerprint density at radius 1 is 1.18 bits per heavy atom. The molecule has 0 bridgehead atoms. The van der Waals surface area contributed by atoms with Gasteiger partial charge in [-0.2, -0.15) is 0 Å². The fraction of sp³-hybridized carbons (Fsp3) is 0.235. The Balaban J connectivity index is 1.96. The maximum absolute atomic E-state index is 11.2. The number of halogens is 1. The molecule has 22 heavy (non-hydrogen) atoms. The van der Waals surface area contributed by atoms with E-state index in [1.807, 2.05) is 48.5 Å². The third-order valence-electron chi connectivity index (χ3n) is 3.35. The zero-order valence-electron chi connectivity index (χ0n) is 12.4. The first kappa shape index (κ1) is 16.3. The van der Waals surface area contributed by atoms with Crippen LogP contribution in [0.4, 0.5) is 0 Å². The highest BCUT2D eigenvalue weighted by Gasteiger charge is 2.25. The van der Waals surface area contributed by atoms with Crippen LogP contribution in [0.15, 0.2) is 48.5 Å². The Kier molecular flexibility index (Phi) is 5.06. The van der Waals surface area contributed by atoms with Crippen molar-refractivity contribution in [1.29, 1.82) is 0 Å². The summed E-state index contributed by atoms with van der Waals surface area (Å²) in [6.07, 6.45) is 0.386. The number of primary amides is 1. The van der Waals surface area contributed by atoms with Crippen LogP contribution in [-0.2, 0) is 17.8 Å². The van der Waals surface area contributed by atoms with Gasteiger partial charge in [0, 0.05) is 5.02 Å². The minimum absolute atomic E-state index is 0.386. The van der Waals surface area contributed by atoms with E-state index in [1.165, 1.54) is 0 Å². The van der Waals surface area contributed by atoms with Gasteiger partial charge < -0.3 is 16.2 Å². The molecule has 0 spiro atoms. The molecule has 2 rings (SSSR count). The fourth-order valence-electron chi connectivity index (χ4n) is 2.01. The monoisotopic (exact) mass is 318 g/mol. The van der Waals surface area contributed by atoms with Crippen LogP contribution >= 0.6 is 11.6 Å². The van der Waals surface area contributed by atoms with Gasteiger partial charge in [-0.25, -0.2) is 0 Å². The van der Waals surface area contributed by atoms with E-state index >= 15 is 0 Å². The van der Waals surface area contributed by atoms with Gasteiger partial charge in [0.2, 0.25) is 5.91 Å². The van der Waals surface area contributed by atoms with Gasteiger partial charge in [-0.15, -0.1) is 0 Å².